The lowest BCUT2D eigenvalue weighted by molar-refractivity contribution is -0.836. The van der Waals surface area contributed by atoms with Crippen molar-refractivity contribution in [1.82, 2.24) is 0 Å². The summed E-state index contributed by atoms with van der Waals surface area (Å²) in [5.41, 5.74) is 0. The van der Waals surface area contributed by atoms with Crippen molar-refractivity contribution in [3.05, 3.63) is 0 Å². The van der Waals surface area contributed by atoms with Crippen LogP contribution in [0.5, 0.6) is 0 Å². The van der Waals surface area contributed by atoms with Gasteiger partial charge in [-0.25, -0.2) is 0 Å². The highest BCUT2D eigenvalue weighted by Gasteiger charge is 1.62. The molecular formula is C9H31N3O4Si. The highest BCUT2D eigenvalue weighted by Crippen LogP contribution is 1.38. The van der Waals surface area contributed by atoms with Gasteiger partial charge in [0.1, 0.15) is 0 Å². The van der Waals surface area contributed by atoms with Crippen molar-refractivity contribution in [3.8, 4) is 0 Å². The quantitative estimate of drug-likeness (QED) is 0.329. The zero-order chi connectivity index (χ0) is 15.2. The molecule has 0 saturated carbocycles. The van der Waals surface area contributed by atoms with Crippen LogP contribution in [0.1, 0.15) is 0 Å². The first kappa shape index (κ1) is 25.7. The van der Waals surface area contributed by atoms with Crippen LogP contribution in [0.15, 0.2) is 0 Å². The third-order valence-corrected chi connectivity index (χ3v) is 0. The van der Waals surface area contributed by atoms with Gasteiger partial charge in [0, 0.05) is 0 Å². The van der Waals surface area contributed by atoms with Crippen LogP contribution in [0.3, 0.4) is 0 Å². The molecule has 0 amide bonds. The van der Waals surface area contributed by atoms with Crippen LogP contribution in [0, 0.1) is 0 Å². The highest BCUT2D eigenvalue weighted by molar-refractivity contribution is 6.40. The van der Waals surface area contributed by atoms with Crippen molar-refractivity contribution in [2.45, 2.75) is 0 Å². The van der Waals surface area contributed by atoms with E-state index in [0.29, 0.717) is 0 Å². The van der Waals surface area contributed by atoms with Crippen molar-refractivity contribution in [2.24, 2.45) is 0 Å². The molecule has 0 aromatic carbocycles. The zero-order valence-electron chi connectivity index (χ0n) is 12.7. The maximum Gasteiger partial charge on any atom is 0.0661 e. The van der Waals surface area contributed by atoms with E-state index < -0.39 is 9.05 Å². The van der Waals surface area contributed by atoms with Crippen molar-refractivity contribution < 1.29 is 33.9 Å². The van der Waals surface area contributed by atoms with Crippen molar-refractivity contribution in [2.75, 3.05) is 63.4 Å². The SMILES string of the molecule is C[NH+](C)C.C[NH+](C)C.C[NH+](C)C.[O-][Si]([O-])([O-])O. The maximum atomic E-state index is 8.69. The zero-order valence-corrected chi connectivity index (χ0v) is 13.7. The summed E-state index contributed by atoms with van der Waals surface area (Å²) < 4.78 is 0. The molecule has 17 heavy (non-hydrogen) atoms. The van der Waals surface area contributed by atoms with Gasteiger partial charge in [-0.1, -0.05) is 0 Å². The van der Waals surface area contributed by atoms with Crippen molar-refractivity contribution in [1.29, 1.82) is 0 Å². The van der Waals surface area contributed by atoms with E-state index in [9.17, 15) is 0 Å². The average Bonchev–Trinajstić information content (AvgIpc) is 1.73. The number of rotatable bonds is 0. The van der Waals surface area contributed by atoms with Gasteiger partial charge in [0.05, 0.1) is 63.4 Å². The Labute approximate surface area is 107 Å². The second kappa shape index (κ2) is 15.9. The molecule has 0 rings (SSSR count). The summed E-state index contributed by atoms with van der Waals surface area (Å²) in [6.45, 7) is 0. The molecule has 0 aliphatic carbocycles. The first-order chi connectivity index (χ1) is 7.20. The lowest BCUT2D eigenvalue weighted by atomic mass is 11.0. The molecule has 0 atom stereocenters. The molecule has 0 aliphatic heterocycles. The Kier molecular flexibility index (Phi) is 24.1. The monoisotopic (exact) mass is 273 g/mol. The topological polar surface area (TPSA) is 103 Å². The second-order valence-corrected chi connectivity index (χ2v) is 6.07. The molecule has 0 aromatic heterocycles. The Morgan fingerprint density at radius 1 is 0.588 bits per heavy atom. The van der Waals surface area contributed by atoms with E-state index in [1.807, 2.05) is 0 Å². The molecule has 8 heteroatoms. The van der Waals surface area contributed by atoms with Crippen LogP contribution in [-0.4, -0.2) is 77.3 Å². The molecule has 0 saturated heterocycles. The van der Waals surface area contributed by atoms with Crippen LogP contribution in [0.2, 0.25) is 0 Å². The van der Waals surface area contributed by atoms with Gasteiger partial charge in [-0.05, 0) is 0 Å². The highest BCUT2D eigenvalue weighted by atomic mass is 28.4. The molecule has 7 nitrogen and oxygen atoms in total. The minimum Gasteiger partial charge on any atom is -0.861 e. The molecule has 110 valence electrons. The molecule has 0 fully saturated rings. The largest absolute Gasteiger partial charge is 0.861 e. The minimum atomic E-state index is -5.36. The number of hydrogen-bond donors (Lipinski definition) is 4. The van der Waals surface area contributed by atoms with Gasteiger partial charge in [0.15, 0.2) is 0 Å². The van der Waals surface area contributed by atoms with Crippen LogP contribution >= 0.6 is 0 Å². The summed E-state index contributed by atoms with van der Waals surface area (Å²) in [6.07, 6.45) is 0. The predicted molar refractivity (Wildman–Crippen MR) is 64.2 cm³/mol. The fourth-order valence-corrected chi connectivity index (χ4v) is 0. The molecule has 0 bridgehead atoms. The standard InChI is InChI=1S/3C3H9N.HO4Si/c3*1-4(2)3;1-5(2,3)4/h3*1-3H3;1H/q;;;-3/p+3. The summed E-state index contributed by atoms with van der Waals surface area (Å²) in [6, 6.07) is 0. The number of quaternary nitrogens is 3. The normalized spacial score (nSPS) is 9.88. The lowest BCUT2D eigenvalue weighted by Gasteiger charge is -2.48. The van der Waals surface area contributed by atoms with Crippen LogP contribution in [0.4, 0.5) is 0 Å². The summed E-state index contributed by atoms with van der Waals surface area (Å²) >= 11 is 0. The van der Waals surface area contributed by atoms with Crippen LogP contribution in [-0.2, 0) is 0 Å². The smallest absolute Gasteiger partial charge is 0.0661 e. The number of nitrogens with one attached hydrogen (secondary N) is 3. The molecule has 0 aromatic rings. The van der Waals surface area contributed by atoms with Gasteiger partial charge in [-0.3, -0.25) is 0 Å². The molecule has 0 aliphatic rings. The molecule has 0 spiro atoms. The van der Waals surface area contributed by atoms with Crippen molar-refractivity contribution in [3.63, 3.8) is 0 Å². The second-order valence-electron chi connectivity index (χ2n) is 5.02. The first-order valence-corrected chi connectivity index (χ1v) is 7.01. The summed E-state index contributed by atoms with van der Waals surface area (Å²) in [5.74, 6) is 0. The maximum absolute atomic E-state index is 8.69. The van der Waals surface area contributed by atoms with E-state index in [0.717, 1.165) is 0 Å². The van der Waals surface area contributed by atoms with Gasteiger partial charge >= 0.3 is 0 Å². The Balaban J connectivity index is -0.0000000667. The summed E-state index contributed by atoms with van der Waals surface area (Å²) in [7, 11) is 13.4. The van der Waals surface area contributed by atoms with Gasteiger partial charge < -0.3 is 33.9 Å². The average molecular weight is 273 g/mol. The molecule has 0 heterocycles. The van der Waals surface area contributed by atoms with E-state index in [-0.39, 0.29) is 0 Å². The molecule has 0 radical (unpaired) electrons. The Morgan fingerprint density at radius 3 is 0.588 bits per heavy atom. The van der Waals surface area contributed by atoms with Gasteiger partial charge in [-0.15, -0.1) is 9.05 Å². The van der Waals surface area contributed by atoms with E-state index in [2.05, 4.69) is 63.4 Å². The Hall–Kier alpha value is -0.0631. The lowest BCUT2D eigenvalue weighted by Crippen LogP contribution is -3.02. The summed E-state index contributed by atoms with van der Waals surface area (Å²) in [5, 5.41) is 0. The van der Waals surface area contributed by atoms with Crippen LogP contribution in [0.25, 0.3) is 0 Å². The first-order valence-electron chi connectivity index (χ1n) is 5.34. The number of hydrogen-bond acceptors (Lipinski definition) is 4. The minimum absolute atomic E-state index is 1.42. The van der Waals surface area contributed by atoms with Crippen molar-refractivity contribution >= 4 is 9.05 Å². The van der Waals surface area contributed by atoms with E-state index in [1.165, 1.54) is 14.7 Å². The predicted octanol–water partition coefficient (Wildman–Crippen LogP) is -8.22. The summed E-state index contributed by atoms with van der Waals surface area (Å²) in [4.78, 5) is 37.3. The van der Waals surface area contributed by atoms with Gasteiger partial charge in [0.25, 0.3) is 0 Å². The molecule has 0 unspecified atom stereocenters. The Morgan fingerprint density at radius 2 is 0.588 bits per heavy atom. The van der Waals surface area contributed by atoms with Crippen LogP contribution < -0.4 is 29.1 Å². The fraction of sp³-hybridized carbons (Fsp3) is 1.00. The molecular weight excluding hydrogens is 242 g/mol. The van der Waals surface area contributed by atoms with E-state index in [1.54, 1.807) is 0 Å². The third kappa shape index (κ3) is 777000. The fourth-order valence-electron chi connectivity index (χ4n) is 0. The van der Waals surface area contributed by atoms with Gasteiger partial charge in [0.2, 0.25) is 0 Å². The van der Waals surface area contributed by atoms with E-state index in [4.69, 9.17) is 19.2 Å². The Bertz CT molecular complexity index is 101. The van der Waals surface area contributed by atoms with Gasteiger partial charge in [-0.2, -0.15) is 0 Å². The third-order valence-electron chi connectivity index (χ3n) is 0. The molecule has 4 N–H and O–H groups in total. The van der Waals surface area contributed by atoms with E-state index >= 15 is 0 Å².